The molecule has 0 radical (unpaired) electrons. The van der Waals surface area contributed by atoms with Crippen molar-refractivity contribution < 1.29 is 9.47 Å². The molecule has 2 heterocycles. The van der Waals surface area contributed by atoms with E-state index in [1.165, 1.54) is 0 Å². The van der Waals surface area contributed by atoms with Crippen molar-refractivity contribution in [2.75, 3.05) is 13.2 Å². The first-order valence-corrected chi connectivity index (χ1v) is 9.66. The monoisotopic (exact) mass is 476 g/mol. The van der Waals surface area contributed by atoms with Crippen LogP contribution < -0.4 is 11.5 Å². The van der Waals surface area contributed by atoms with E-state index in [0.29, 0.717) is 33.3 Å². The zero-order chi connectivity index (χ0) is 20.3. The predicted molar refractivity (Wildman–Crippen MR) is 120 cm³/mol. The molecule has 156 valence electrons. The summed E-state index contributed by atoms with van der Waals surface area (Å²) in [4.78, 5) is 8.19. The Labute approximate surface area is 189 Å². The summed E-state index contributed by atoms with van der Waals surface area (Å²) < 4.78 is 10.1. The van der Waals surface area contributed by atoms with Gasteiger partial charge in [0.2, 0.25) is 0 Å². The highest BCUT2D eigenvalue weighted by Gasteiger charge is 2.21. The van der Waals surface area contributed by atoms with Gasteiger partial charge in [-0.2, -0.15) is 0 Å². The molecule has 2 aliphatic heterocycles. The second kappa shape index (κ2) is 10.3. The van der Waals surface area contributed by atoms with E-state index in [0.717, 1.165) is 11.1 Å². The second-order valence-electron chi connectivity index (χ2n) is 5.92. The van der Waals surface area contributed by atoms with E-state index in [9.17, 15) is 0 Å². The number of rotatable bonds is 2. The lowest BCUT2D eigenvalue weighted by Gasteiger charge is -2.07. The number of hydrogen-bond donors (Lipinski definition) is 2. The van der Waals surface area contributed by atoms with Crippen LogP contribution in [0.3, 0.4) is 0 Å². The van der Waals surface area contributed by atoms with Gasteiger partial charge in [0, 0.05) is 20.1 Å². The van der Waals surface area contributed by atoms with Gasteiger partial charge in [0.05, 0.1) is 0 Å². The molecule has 0 aromatic heterocycles. The Morgan fingerprint density at radius 3 is 1.38 bits per heavy atom. The molecule has 0 amide bonds. The summed E-state index contributed by atoms with van der Waals surface area (Å²) in [5.74, 6) is 0. The molecule has 2 atom stereocenters. The van der Waals surface area contributed by atoms with Gasteiger partial charge in [-0.3, -0.25) is 0 Å². The number of benzene rings is 2. The lowest BCUT2D eigenvalue weighted by Crippen LogP contribution is -2.10. The van der Waals surface area contributed by atoms with Gasteiger partial charge in [0.15, 0.2) is 0 Å². The van der Waals surface area contributed by atoms with Crippen LogP contribution in [0.15, 0.2) is 46.4 Å². The van der Waals surface area contributed by atoms with Gasteiger partial charge in [-0.05, 0) is 35.4 Å². The van der Waals surface area contributed by atoms with Gasteiger partial charge in [-0.15, -0.1) is 0 Å². The zero-order valence-electron chi connectivity index (χ0n) is 14.4. The standard InChI is InChI=1S/2C9H8Cl2N2O.CH4/c2*10-5-1-2-6(7(11)3-5)8-4-14-9(12)13-8;/h2*1-3,8H,4H2,(H2,12,13);1H4/t2*8-;/m10./s1. The Morgan fingerprint density at radius 2 is 1.10 bits per heavy atom. The van der Waals surface area contributed by atoms with Gasteiger partial charge in [-0.25, -0.2) is 9.98 Å². The van der Waals surface area contributed by atoms with E-state index in [2.05, 4.69) is 9.98 Å². The molecule has 4 rings (SSSR count). The maximum Gasteiger partial charge on any atom is 0.282 e. The summed E-state index contributed by atoms with van der Waals surface area (Å²) in [6.45, 7) is 0.875. The Balaban J connectivity index is 0.000000200. The number of ether oxygens (including phenoxy) is 2. The Bertz CT molecular complexity index is 861. The number of hydrogen-bond acceptors (Lipinski definition) is 6. The third kappa shape index (κ3) is 6.06. The number of halogens is 4. The third-order valence-corrected chi connectivity index (χ3v) is 5.11. The Kier molecular flexibility index (Phi) is 8.28. The van der Waals surface area contributed by atoms with Gasteiger partial charge < -0.3 is 20.9 Å². The van der Waals surface area contributed by atoms with E-state index in [1.807, 2.05) is 12.1 Å². The molecule has 0 bridgehead atoms. The fourth-order valence-corrected chi connectivity index (χ4v) is 3.72. The summed E-state index contributed by atoms with van der Waals surface area (Å²) in [6.07, 6.45) is 0. The first kappa shape index (κ1) is 23.4. The molecule has 0 spiro atoms. The SMILES string of the molecule is C.NC1=N[C@@H](c2ccc(Cl)cc2Cl)CO1.NC1=N[C@H](c2ccc(Cl)cc2Cl)CO1. The number of nitrogens with zero attached hydrogens (tertiary/aromatic N) is 2. The lowest BCUT2D eigenvalue weighted by atomic mass is 10.1. The summed E-state index contributed by atoms with van der Waals surface area (Å²) in [6, 6.07) is 10.8. The van der Waals surface area contributed by atoms with Crippen molar-refractivity contribution in [2.45, 2.75) is 19.5 Å². The van der Waals surface area contributed by atoms with E-state index < -0.39 is 0 Å². The van der Waals surface area contributed by atoms with E-state index in [4.69, 9.17) is 67.3 Å². The fourth-order valence-electron chi connectivity index (χ4n) is 2.65. The van der Waals surface area contributed by atoms with Crippen LogP contribution in [-0.2, 0) is 9.47 Å². The minimum atomic E-state index is -0.111. The molecule has 6 nitrogen and oxygen atoms in total. The van der Waals surface area contributed by atoms with Crippen molar-refractivity contribution in [3.05, 3.63) is 67.6 Å². The first-order chi connectivity index (χ1) is 13.3. The molecule has 0 saturated carbocycles. The van der Waals surface area contributed by atoms with Crippen molar-refractivity contribution in [1.82, 2.24) is 0 Å². The molecule has 2 aromatic carbocycles. The van der Waals surface area contributed by atoms with Gasteiger partial charge in [-0.1, -0.05) is 66.0 Å². The van der Waals surface area contributed by atoms with Crippen molar-refractivity contribution in [3.8, 4) is 0 Å². The number of nitrogens with two attached hydrogens (primary N) is 2. The summed E-state index contributed by atoms with van der Waals surface area (Å²) in [5, 5.41) is 2.39. The van der Waals surface area contributed by atoms with Crippen LogP contribution in [0.1, 0.15) is 30.6 Å². The van der Waals surface area contributed by atoms with Crippen LogP contribution >= 0.6 is 46.4 Å². The van der Waals surface area contributed by atoms with E-state index in [-0.39, 0.29) is 31.6 Å². The van der Waals surface area contributed by atoms with Crippen LogP contribution in [-0.4, -0.2) is 25.3 Å². The first-order valence-electron chi connectivity index (χ1n) is 8.15. The predicted octanol–water partition coefficient (Wildman–Crippen LogP) is 5.39. The minimum absolute atomic E-state index is 0. The highest BCUT2D eigenvalue weighted by molar-refractivity contribution is 6.35. The summed E-state index contributed by atoms with van der Waals surface area (Å²) in [5.41, 5.74) is 12.6. The third-order valence-electron chi connectivity index (χ3n) is 3.99. The molecule has 10 heteroatoms. The number of aliphatic imine (C=N–C) groups is 2. The summed E-state index contributed by atoms with van der Waals surface area (Å²) >= 11 is 23.6. The zero-order valence-corrected chi connectivity index (χ0v) is 17.4. The van der Waals surface area contributed by atoms with Gasteiger partial charge >= 0.3 is 0 Å². The molecule has 0 aliphatic carbocycles. The van der Waals surface area contributed by atoms with Crippen LogP contribution in [0.4, 0.5) is 0 Å². The highest BCUT2D eigenvalue weighted by atomic mass is 35.5. The topological polar surface area (TPSA) is 95.2 Å². The molecule has 4 N–H and O–H groups in total. The molecule has 2 aliphatic rings. The van der Waals surface area contributed by atoms with Gasteiger partial charge in [0.25, 0.3) is 12.0 Å². The Morgan fingerprint density at radius 1 is 0.724 bits per heavy atom. The Hall–Kier alpha value is -1.86. The minimum Gasteiger partial charge on any atom is -0.463 e. The highest BCUT2D eigenvalue weighted by Crippen LogP contribution is 2.31. The molecule has 2 aromatic rings. The average Bonchev–Trinajstić information content (AvgIpc) is 3.24. The smallest absolute Gasteiger partial charge is 0.282 e. The normalized spacial score (nSPS) is 19.7. The van der Waals surface area contributed by atoms with Crippen molar-refractivity contribution in [2.24, 2.45) is 21.5 Å². The van der Waals surface area contributed by atoms with Crippen molar-refractivity contribution in [3.63, 3.8) is 0 Å². The average molecular weight is 478 g/mol. The molecule has 0 fully saturated rings. The molecule has 29 heavy (non-hydrogen) atoms. The van der Waals surface area contributed by atoms with E-state index in [1.54, 1.807) is 24.3 Å². The van der Waals surface area contributed by atoms with Crippen molar-refractivity contribution in [1.29, 1.82) is 0 Å². The quantitative estimate of drug-likeness (QED) is 0.605. The maximum absolute atomic E-state index is 6.01. The molecular weight excluding hydrogens is 458 g/mol. The second-order valence-corrected chi connectivity index (χ2v) is 7.61. The van der Waals surface area contributed by atoms with Crippen LogP contribution in [0.5, 0.6) is 0 Å². The number of amidine groups is 2. The summed E-state index contributed by atoms with van der Waals surface area (Å²) in [7, 11) is 0. The van der Waals surface area contributed by atoms with Gasteiger partial charge in [0.1, 0.15) is 25.3 Å². The van der Waals surface area contributed by atoms with Crippen LogP contribution in [0.2, 0.25) is 20.1 Å². The molecular formula is C19H20Cl4N4O2. The van der Waals surface area contributed by atoms with Crippen LogP contribution in [0.25, 0.3) is 0 Å². The lowest BCUT2D eigenvalue weighted by molar-refractivity contribution is 0.315. The maximum atomic E-state index is 6.01. The van der Waals surface area contributed by atoms with Crippen molar-refractivity contribution >= 4 is 58.4 Å². The van der Waals surface area contributed by atoms with Crippen LogP contribution in [0, 0.1) is 0 Å². The van der Waals surface area contributed by atoms with E-state index >= 15 is 0 Å². The molecule has 0 saturated heterocycles. The fraction of sp³-hybridized carbons (Fsp3) is 0.263. The largest absolute Gasteiger partial charge is 0.463 e. The molecule has 0 unspecified atom stereocenters.